The third kappa shape index (κ3) is 3.62. The van der Waals surface area contributed by atoms with Crippen molar-refractivity contribution < 1.29 is 4.42 Å². The molecule has 1 heterocycles. The van der Waals surface area contributed by atoms with Crippen molar-refractivity contribution in [2.45, 2.75) is 26.2 Å². The van der Waals surface area contributed by atoms with Crippen LogP contribution in [0, 0.1) is 0 Å². The molecule has 3 aromatic carbocycles. The van der Waals surface area contributed by atoms with E-state index in [-0.39, 0.29) is 15.0 Å². The zero-order chi connectivity index (χ0) is 17.8. The fourth-order valence-corrected chi connectivity index (χ4v) is 5.35. The molecule has 0 aliphatic heterocycles. The number of aryl methyl sites for hydroxylation is 1. The van der Waals surface area contributed by atoms with Gasteiger partial charge in [0.15, 0.2) is 0 Å². The molecule has 2 heteroatoms. The first kappa shape index (κ1) is 17.1. The number of rotatable bonds is 6. The monoisotopic (exact) mass is 406 g/mol. The Morgan fingerprint density at radius 3 is 2.31 bits per heavy atom. The second-order valence-electron chi connectivity index (χ2n) is 6.47. The van der Waals surface area contributed by atoms with Gasteiger partial charge in [0.1, 0.15) is 0 Å². The summed E-state index contributed by atoms with van der Waals surface area (Å²) in [6.45, 7) is 2.24. The number of benzene rings is 3. The van der Waals surface area contributed by atoms with Gasteiger partial charge >= 0.3 is 161 Å². The van der Waals surface area contributed by atoms with Gasteiger partial charge in [-0.1, -0.05) is 0 Å². The summed E-state index contributed by atoms with van der Waals surface area (Å²) in [5.74, 6) is 1.03. The van der Waals surface area contributed by atoms with Crippen molar-refractivity contribution in [3.05, 3.63) is 84.4 Å². The van der Waals surface area contributed by atoms with E-state index in [0.717, 1.165) is 17.8 Å². The van der Waals surface area contributed by atoms with E-state index in [2.05, 4.69) is 79.7 Å². The molecule has 0 saturated heterocycles. The molecular weight excluding hydrogens is 383 g/mol. The molecule has 4 rings (SSSR count). The van der Waals surface area contributed by atoms with E-state index in [1.54, 1.807) is 0 Å². The zero-order valence-corrected chi connectivity index (χ0v) is 16.7. The van der Waals surface area contributed by atoms with E-state index in [1.165, 1.54) is 38.3 Å². The Kier molecular flexibility index (Phi) is 5.24. The molecule has 26 heavy (non-hydrogen) atoms. The molecular formula is C24H22OSe. The van der Waals surface area contributed by atoms with Gasteiger partial charge in [0.25, 0.3) is 0 Å². The first-order chi connectivity index (χ1) is 12.8. The van der Waals surface area contributed by atoms with Crippen molar-refractivity contribution in [3.63, 3.8) is 0 Å². The van der Waals surface area contributed by atoms with Gasteiger partial charge < -0.3 is 0 Å². The van der Waals surface area contributed by atoms with Crippen molar-refractivity contribution in [3.8, 4) is 11.3 Å². The summed E-state index contributed by atoms with van der Waals surface area (Å²) in [5, 5.41) is 1.24. The molecule has 0 N–H and O–H groups in total. The summed E-state index contributed by atoms with van der Waals surface area (Å²) in [5.41, 5.74) is 3.56. The van der Waals surface area contributed by atoms with Gasteiger partial charge in [0.2, 0.25) is 0 Å². The van der Waals surface area contributed by atoms with Crippen LogP contribution < -0.4 is 8.92 Å². The van der Waals surface area contributed by atoms with Crippen molar-refractivity contribution in [1.82, 2.24) is 0 Å². The summed E-state index contributed by atoms with van der Waals surface area (Å²) in [6, 6.07) is 28.0. The third-order valence-corrected chi connectivity index (χ3v) is 6.89. The Bertz CT molecular complexity index is 984. The topological polar surface area (TPSA) is 13.1 Å². The molecule has 0 amide bonds. The third-order valence-electron chi connectivity index (χ3n) is 4.55. The molecule has 1 nitrogen and oxygen atoms in total. The predicted octanol–water partition coefficient (Wildman–Crippen LogP) is 5.10. The van der Waals surface area contributed by atoms with Crippen LogP contribution in [0.5, 0.6) is 0 Å². The number of furan rings is 1. The number of hydrogen-bond donors (Lipinski definition) is 0. The molecule has 4 aromatic rings. The van der Waals surface area contributed by atoms with Crippen molar-refractivity contribution in [1.29, 1.82) is 0 Å². The standard InChI is InChI=1S/C24H22OSe/c1-2-3-9-18-14-16-19(17-15-18)23-24(26-20-10-5-4-6-11-20)21-12-7-8-13-22(21)25-23/h4-8,10-17H,2-3,9H2,1H3. The van der Waals surface area contributed by atoms with Crippen molar-refractivity contribution in [2.24, 2.45) is 0 Å². The summed E-state index contributed by atoms with van der Waals surface area (Å²) in [7, 11) is 0. The number of unbranched alkanes of at least 4 members (excludes halogenated alkanes) is 1. The predicted molar refractivity (Wildman–Crippen MR) is 112 cm³/mol. The van der Waals surface area contributed by atoms with E-state index in [1.807, 2.05) is 6.07 Å². The SMILES string of the molecule is CCCCc1ccc(-c2oc3ccccc3c2[Se]c2ccccc2)cc1. The minimum absolute atomic E-state index is 0.212. The fraction of sp³-hybridized carbons (Fsp3) is 0.167. The van der Waals surface area contributed by atoms with Gasteiger partial charge in [-0.25, -0.2) is 0 Å². The average molecular weight is 405 g/mol. The first-order valence-electron chi connectivity index (χ1n) is 9.19. The normalized spacial score (nSPS) is 11.1. The van der Waals surface area contributed by atoms with Crippen LogP contribution in [0.15, 0.2) is 83.3 Å². The maximum absolute atomic E-state index is 6.29. The van der Waals surface area contributed by atoms with Crippen LogP contribution in [0.3, 0.4) is 0 Å². The molecule has 0 fully saturated rings. The van der Waals surface area contributed by atoms with Gasteiger partial charge in [-0.3, -0.25) is 0 Å². The van der Waals surface area contributed by atoms with E-state index < -0.39 is 0 Å². The number of para-hydroxylation sites is 1. The Labute approximate surface area is 161 Å². The number of fused-ring (bicyclic) bond motifs is 1. The van der Waals surface area contributed by atoms with Crippen LogP contribution in [-0.2, 0) is 6.42 Å². The molecule has 0 radical (unpaired) electrons. The van der Waals surface area contributed by atoms with Crippen LogP contribution in [0.2, 0.25) is 0 Å². The van der Waals surface area contributed by atoms with Gasteiger partial charge in [-0.05, 0) is 0 Å². The fourth-order valence-electron chi connectivity index (χ4n) is 3.12. The Morgan fingerprint density at radius 1 is 0.808 bits per heavy atom. The van der Waals surface area contributed by atoms with Gasteiger partial charge in [-0.15, -0.1) is 0 Å². The van der Waals surface area contributed by atoms with E-state index in [9.17, 15) is 0 Å². The van der Waals surface area contributed by atoms with E-state index >= 15 is 0 Å². The van der Waals surface area contributed by atoms with Gasteiger partial charge in [0, 0.05) is 0 Å². The quantitative estimate of drug-likeness (QED) is 0.407. The van der Waals surface area contributed by atoms with E-state index in [0.29, 0.717) is 0 Å². The molecule has 0 spiro atoms. The van der Waals surface area contributed by atoms with Crippen LogP contribution in [-0.4, -0.2) is 15.0 Å². The summed E-state index contributed by atoms with van der Waals surface area (Å²) in [4.78, 5) is 0. The second kappa shape index (κ2) is 7.95. The molecule has 0 bridgehead atoms. The minimum atomic E-state index is 0.212. The van der Waals surface area contributed by atoms with E-state index in [4.69, 9.17) is 4.42 Å². The second-order valence-corrected chi connectivity index (χ2v) is 8.75. The molecule has 0 atom stereocenters. The summed E-state index contributed by atoms with van der Waals surface area (Å²) < 4.78 is 9.00. The van der Waals surface area contributed by atoms with Gasteiger partial charge in [0.05, 0.1) is 0 Å². The Morgan fingerprint density at radius 2 is 1.54 bits per heavy atom. The molecule has 1 aromatic heterocycles. The Balaban J connectivity index is 1.75. The average Bonchev–Trinajstić information content (AvgIpc) is 3.06. The summed E-state index contributed by atoms with van der Waals surface area (Å²) in [6.07, 6.45) is 3.62. The maximum atomic E-state index is 6.29. The van der Waals surface area contributed by atoms with Gasteiger partial charge in [-0.2, -0.15) is 0 Å². The van der Waals surface area contributed by atoms with Crippen molar-refractivity contribution >= 4 is 34.8 Å². The summed E-state index contributed by atoms with van der Waals surface area (Å²) >= 11 is 0.212. The van der Waals surface area contributed by atoms with Crippen molar-refractivity contribution in [2.75, 3.05) is 0 Å². The molecule has 0 unspecified atom stereocenters. The van der Waals surface area contributed by atoms with Crippen LogP contribution in [0.1, 0.15) is 25.3 Å². The number of hydrogen-bond acceptors (Lipinski definition) is 1. The van der Waals surface area contributed by atoms with Crippen LogP contribution in [0.25, 0.3) is 22.3 Å². The molecule has 0 aliphatic carbocycles. The zero-order valence-electron chi connectivity index (χ0n) is 14.9. The van der Waals surface area contributed by atoms with Crippen LogP contribution in [0.4, 0.5) is 0 Å². The molecule has 0 aliphatic rings. The molecule has 130 valence electrons. The Hall–Kier alpha value is -2.28. The van der Waals surface area contributed by atoms with Crippen LogP contribution >= 0.6 is 0 Å². The molecule has 0 saturated carbocycles. The first-order valence-corrected chi connectivity index (χ1v) is 10.9.